The highest BCUT2D eigenvalue weighted by Gasteiger charge is 2.32. The maximum absolute atomic E-state index is 13.7. The van der Waals surface area contributed by atoms with Gasteiger partial charge in [0.2, 0.25) is 0 Å². The number of ether oxygens (including phenoxy) is 1. The fraction of sp³-hybridized carbons (Fsp3) is 0.160. The molecule has 9 heteroatoms. The van der Waals surface area contributed by atoms with Crippen molar-refractivity contribution in [2.75, 3.05) is 21.2 Å². The lowest BCUT2D eigenvalue weighted by atomic mass is 10.0. The molecule has 0 saturated carbocycles. The van der Waals surface area contributed by atoms with Crippen molar-refractivity contribution < 1.29 is 22.7 Å². The zero-order valence-corrected chi connectivity index (χ0v) is 18.7. The third-order valence-electron chi connectivity index (χ3n) is 5.30. The van der Waals surface area contributed by atoms with Gasteiger partial charge in [-0.1, -0.05) is 18.2 Å². The Labute approximate surface area is 194 Å². The van der Waals surface area contributed by atoms with Crippen LogP contribution in [0.2, 0.25) is 0 Å². The van der Waals surface area contributed by atoms with Crippen LogP contribution in [0.15, 0.2) is 73.4 Å². The van der Waals surface area contributed by atoms with Crippen LogP contribution in [0, 0.1) is 0 Å². The minimum absolute atomic E-state index is 0.0706. The molecule has 0 unspecified atom stereocenters. The molecule has 0 aliphatic heterocycles. The normalized spacial score (nSPS) is 11.4. The third kappa shape index (κ3) is 4.36. The maximum atomic E-state index is 13.7. The van der Waals surface area contributed by atoms with Crippen molar-refractivity contribution in [1.29, 1.82) is 0 Å². The molecule has 4 aromatic rings. The Hall–Kier alpha value is -4.14. The van der Waals surface area contributed by atoms with Crippen molar-refractivity contribution in [2.24, 2.45) is 0 Å². The minimum atomic E-state index is -4.63. The van der Waals surface area contributed by atoms with E-state index in [0.29, 0.717) is 17.1 Å². The Morgan fingerprint density at radius 1 is 1.00 bits per heavy atom. The Morgan fingerprint density at radius 3 is 2.47 bits per heavy atom. The smallest absolute Gasteiger partial charge is 0.416 e. The van der Waals surface area contributed by atoms with Crippen molar-refractivity contribution in [1.82, 2.24) is 19.4 Å². The van der Waals surface area contributed by atoms with Crippen LogP contribution in [0.3, 0.4) is 0 Å². The van der Waals surface area contributed by atoms with Gasteiger partial charge < -0.3 is 9.64 Å². The first-order chi connectivity index (χ1) is 16.2. The van der Waals surface area contributed by atoms with E-state index < -0.39 is 17.6 Å². The van der Waals surface area contributed by atoms with Gasteiger partial charge in [0.1, 0.15) is 5.75 Å². The second kappa shape index (κ2) is 9.01. The van der Waals surface area contributed by atoms with Crippen molar-refractivity contribution in [2.45, 2.75) is 6.18 Å². The molecule has 0 saturated heterocycles. The molecule has 2 aromatic heterocycles. The number of nitrogens with zero attached hydrogens (tertiary/aromatic N) is 4. The average Bonchev–Trinajstić information content (AvgIpc) is 3.32. The SMILES string of the molecule is COc1ccccc1-c1ccncc1-n1cncc1-c1cc(C(=O)N(C)C)cc(C(F)(F)F)c1. The van der Waals surface area contributed by atoms with Gasteiger partial charge in [-0.05, 0) is 30.3 Å². The third-order valence-corrected chi connectivity index (χ3v) is 5.30. The molecule has 4 rings (SSSR count). The summed E-state index contributed by atoms with van der Waals surface area (Å²) in [5.74, 6) is 0.101. The highest BCUT2D eigenvalue weighted by atomic mass is 19.4. The quantitative estimate of drug-likeness (QED) is 0.399. The largest absolute Gasteiger partial charge is 0.496 e. The number of para-hydroxylation sites is 1. The molecule has 0 atom stereocenters. The van der Waals surface area contributed by atoms with Crippen LogP contribution in [-0.4, -0.2) is 46.5 Å². The lowest BCUT2D eigenvalue weighted by Gasteiger charge is -2.17. The lowest BCUT2D eigenvalue weighted by molar-refractivity contribution is -0.137. The average molecular weight is 466 g/mol. The molecule has 6 nitrogen and oxygen atoms in total. The van der Waals surface area contributed by atoms with Gasteiger partial charge >= 0.3 is 6.18 Å². The van der Waals surface area contributed by atoms with Crippen molar-refractivity contribution >= 4 is 5.91 Å². The molecule has 0 aliphatic carbocycles. The van der Waals surface area contributed by atoms with Crippen LogP contribution in [0.4, 0.5) is 13.2 Å². The van der Waals surface area contributed by atoms with Crippen LogP contribution >= 0.6 is 0 Å². The number of rotatable bonds is 5. The number of halogens is 3. The number of pyridine rings is 1. The summed E-state index contributed by atoms with van der Waals surface area (Å²) in [6.45, 7) is 0. The summed E-state index contributed by atoms with van der Waals surface area (Å²) in [6.07, 6.45) is 1.56. The van der Waals surface area contributed by atoms with Crippen LogP contribution < -0.4 is 4.74 Å². The predicted molar refractivity (Wildman–Crippen MR) is 122 cm³/mol. The van der Waals surface area contributed by atoms with Crippen LogP contribution in [0.25, 0.3) is 28.1 Å². The lowest BCUT2D eigenvalue weighted by Crippen LogP contribution is -2.22. The van der Waals surface area contributed by atoms with Gasteiger partial charge in [-0.2, -0.15) is 13.2 Å². The van der Waals surface area contributed by atoms with E-state index in [9.17, 15) is 18.0 Å². The minimum Gasteiger partial charge on any atom is -0.496 e. The standard InChI is InChI=1S/C25H21F3N4O2/c1-31(2)24(33)17-10-16(11-18(12-17)25(26,27)28)21-13-30-15-32(21)22-14-29-9-8-19(22)20-6-4-5-7-23(20)34-3/h4-15H,1-3H3. The first-order valence-corrected chi connectivity index (χ1v) is 10.2. The Balaban J connectivity index is 1.92. The number of carbonyl (C=O) groups excluding carboxylic acids is 1. The number of carbonyl (C=O) groups is 1. The number of alkyl halides is 3. The van der Waals surface area contributed by atoms with E-state index in [-0.39, 0.29) is 11.1 Å². The highest BCUT2D eigenvalue weighted by Crippen LogP contribution is 2.37. The van der Waals surface area contributed by atoms with E-state index in [4.69, 9.17) is 4.74 Å². The predicted octanol–water partition coefficient (Wildman–Crippen LogP) is 5.33. The van der Waals surface area contributed by atoms with Crippen molar-refractivity contribution in [3.05, 3.63) is 84.6 Å². The summed E-state index contributed by atoms with van der Waals surface area (Å²) in [4.78, 5) is 22.1. The first kappa shape index (κ1) is 23.0. The fourth-order valence-electron chi connectivity index (χ4n) is 3.69. The van der Waals surface area contributed by atoms with Crippen LogP contribution in [0.1, 0.15) is 15.9 Å². The molecule has 0 radical (unpaired) electrons. The highest BCUT2D eigenvalue weighted by molar-refractivity contribution is 5.95. The van der Waals surface area contributed by atoms with Gasteiger partial charge in [-0.25, -0.2) is 4.98 Å². The first-order valence-electron chi connectivity index (χ1n) is 10.2. The summed E-state index contributed by atoms with van der Waals surface area (Å²) in [6, 6.07) is 12.5. The molecule has 2 aromatic carbocycles. The van der Waals surface area contributed by atoms with E-state index in [0.717, 1.165) is 23.3 Å². The van der Waals surface area contributed by atoms with Crippen molar-refractivity contribution in [3.8, 4) is 33.8 Å². The molecule has 0 spiro atoms. The molecule has 0 fully saturated rings. The number of imidazole rings is 1. The molecule has 0 aliphatic rings. The van der Waals surface area contributed by atoms with E-state index in [1.165, 1.54) is 37.6 Å². The summed E-state index contributed by atoms with van der Waals surface area (Å²) in [5.41, 5.74) is 1.73. The molecular formula is C25H21F3N4O2. The van der Waals surface area contributed by atoms with E-state index >= 15 is 0 Å². The van der Waals surface area contributed by atoms with Gasteiger partial charge in [-0.3, -0.25) is 14.3 Å². The monoisotopic (exact) mass is 466 g/mol. The number of amides is 1. The molecule has 174 valence electrons. The Morgan fingerprint density at radius 2 is 1.76 bits per heavy atom. The van der Waals surface area contributed by atoms with E-state index in [1.807, 2.05) is 24.3 Å². The van der Waals surface area contributed by atoms with Crippen LogP contribution in [0.5, 0.6) is 5.75 Å². The summed E-state index contributed by atoms with van der Waals surface area (Å²) < 4.78 is 48.2. The second-order valence-electron chi connectivity index (χ2n) is 7.74. The maximum Gasteiger partial charge on any atom is 0.416 e. The van der Waals surface area contributed by atoms with Gasteiger partial charge in [0.05, 0.1) is 42.8 Å². The Kier molecular flexibility index (Phi) is 6.10. The Bertz CT molecular complexity index is 1350. The molecule has 2 heterocycles. The second-order valence-corrected chi connectivity index (χ2v) is 7.74. The van der Waals surface area contributed by atoms with Gasteiger partial charge in [0.25, 0.3) is 5.91 Å². The molecule has 0 bridgehead atoms. The number of methoxy groups -OCH3 is 1. The summed E-state index contributed by atoms with van der Waals surface area (Å²) in [5, 5.41) is 0. The zero-order valence-electron chi connectivity index (χ0n) is 18.7. The molecular weight excluding hydrogens is 445 g/mol. The number of benzene rings is 2. The van der Waals surface area contributed by atoms with E-state index in [2.05, 4.69) is 9.97 Å². The summed E-state index contributed by atoms with van der Waals surface area (Å²) in [7, 11) is 4.54. The zero-order chi connectivity index (χ0) is 24.5. The summed E-state index contributed by atoms with van der Waals surface area (Å²) >= 11 is 0. The topological polar surface area (TPSA) is 60.2 Å². The number of hydrogen-bond donors (Lipinski definition) is 0. The van der Waals surface area contributed by atoms with Gasteiger partial charge in [-0.15, -0.1) is 0 Å². The number of hydrogen-bond acceptors (Lipinski definition) is 4. The van der Waals surface area contributed by atoms with Crippen molar-refractivity contribution in [3.63, 3.8) is 0 Å². The van der Waals surface area contributed by atoms with E-state index in [1.54, 1.807) is 30.1 Å². The molecule has 0 N–H and O–H groups in total. The van der Waals surface area contributed by atoms with Gasteiger partial charge in [0.15, 0.2) is 0 Å². The van der Waals surface area contributed by atoms with Crippen LogP contribution in [-0.2, 0) is 6.18 Å². The number of aromatic nitrogens is 3. The molecule has 34 heavy (non-hydrogen) atoms. The molecule has 1 amide bonds. The fourth-order valence-corrected chi connectivity index (χ4v) is 3.69. The van der Waals surface area contributed by atoms with Gasteiger partial charge in [0, 0.05) is 42.5 Å².